The third kappa shape index (κ3) is 2.96. The molecule has 3 aromatic rings. The van der Waals surface area contributed by atoms with E-state index in [1.54, 1.807) is 19.2 Å². The Kier molecular flexibility index (Phi) is 4.21. The minimum absolute atomic E-state index is 0.103. The molecule has 0 spiro atoms. The lowest BCUT2D eigenvalue weighted by molar-refractivity contribution is 0.0963. The highest BCUT2D eigenvalue weighted by atomic mass is 16.4. The van der Waals surface area contributed by atoms with Gasteiger partial charge in [0, 0.05) is 30.4 Å². The van der Waals surface area contributed by atoms with Crippen LogP contribution in [0.4, 0.5) is 5.69 Å². The number of oxazole rings is 1. The number of carbonyl (C=O) groups excluding carboxylic acids is 1. The highest BCUT2D eigenvalue weighted by molar-refractivity contribution is 5.94. The molecule has 0 radical (unpaired) electrons. The van der Waals surface area contributed by atoms with Gasteiger partial charge in [0.15, 0.2) is 0 Å². The maximum absolute atomic E-state index is 11.7. The van der Waals surface area contributed by atoms with Gasteiger partial charge in [0.05, 0.1) is 6.54 Å². The SMILES string of the molecule is CNC(=O)c1ccc(-c2nc(CN3CCc4ccccc43)c(C)o2)cc1. The third-order valence-electron chi connectivity index (χ3n) is 4.84. The molecule has 0 aliphatic carbocycles. The van der Waals surface area contributed by atoms with Crippen molar-refractivity contribution in [3.8, 4) is 11.5 Å². The zero-order valence-electron chi connectivity index (χ0n) is 15.0. The monoisotopic (exact) mass is 347 g/mol. The standard InChI is InChI=1S/C21H21N3O2/c1-14-18(13-24-12-11-15-5-3-4-6-19(15)24)23-21(26-14)17-9-7-16(8-10-17)20(25)22-2/h3-10H,11-13H2,1-2H3,(H,22,25). The second-order valence-electron chi connectivity index (χ2n) is 6.48. The average Bonchev–Trinajstić information content (AvgIpc) is 3.26. The summed E-state index contributed by atoms with van der Waals surface area (Å²) in [6.07, 6.45) is 1.07. The lowest BCUT2D eigenvalue weighted by Crippen LogP contribution is -2.20. The number of nitrogens with zero attached hydrogens (tertiary/aromatic N) is 2. The molecule has 26 heavy (non-hydrogen) atoms. The van der Waals surface area contributed by atoms with E-state index in [1.165, 1.54) is 11.3 Å². The van der Waals surface area contributed by atoms with E-state index in [1.807, 2.05) is 19.1 Å². The third-order valence-corrected chi connectivity index (χ3v) is 4.84. The number of para-hydroxylation sites is 1. The van der Waals surface area contributed by atoms with Gasteiger partial charge in [0.2, 0.25) is 5.89 Å². The molecule has 0 saturated carbocycles. The molecule has 0 atom stereocenters. The molecule has 1 amide bonds. The fourth-order valence-corrected chi connectivity index (χ4v) is 3.36. The smallest absolute Gasteiger partial charge is 0.251 e. The number of hydrogen-bond donors (Lipinski definition) is 1. The highest BCUT2D eigenvalue weighted by Crippen LogP contribution is 2.30. The maximum Gasteiger partial charge on any atom is 0.251 e. The Morgan fingerprint density at radius 2 is 1.96 bits per heavy atom. The van der Waals surface area contributed by atoms with E-state index < -0.39 is 0 Å². The Morgan fingerprint density at radius 3 is 2.73 bits per heavy atom. The van der Waals surface area contributed by atoms with Crippen molar-refractivity contribution in [1.82, 2.24) is 10.3 Å². The van der Waals surface area contributed by atoms with Gasteiger partial charge in [-0.3, -0.25) is 4.79 Å². The molecule has 2 heterocycles. The van der Waals surface area contributed by atoms with Gasteiger partial charge in [-0.05, 0) is 49.2 Å². The first-order valence-electron chi connectivity index (χ1n) is 8.77. The molecule has 1 aliphatic heterocycles. The fraction of sp³-hybridized carbons (Fsp3) is 0.238. The highest BCUT2D eigenvalue weighted by Gasteiger charge is 2.21. The van der Waals surface area contributed by atoms with E-state index in [4.69, 9.17) is 9.40 Å². The summed E-state index contributed by atoms with van der Waals surface area (Å²) in [5.74, 6) is 1.32. The van der Waals surface area contributed by atoms with Crippen LogP contribution >= 0.6 is 0 Å². The topological polar surface area (TPSA) is 58.4 Å². The molecule has 1 aromatic heterocycles. The van der Waals surface area contributed by atoms with Crippen molar-refractivity contribution >= 4 is 11.6 Å². The Labute approximate surface area is 152 Å². The van der Waals surface area contributed by atoms with Crippen LogP contribution in [-0.4, -0.2) is 24.5 Å². The molecule has 5 nitrogen and oxygen atoms in total. The summed E-state index contributed by atoms with van der Waals surface area (Å²) in [7, 11) is 1.62. The Morgan fingerprint density at radius 1 is 1.19 bits per heavy atom. The molecule has 1 N–H and O–H groups in total. The first kappa shape index (κ1) is 16.4. The van der Waals surface area contributed by atoms with Gasteiger partial charge in [-0.15, -0.1) is 0 Å². The van der Waals surface area contributed by atoms with Crippen LogP contribution in [0.15, 0.2) is 52.9 Å². The second-order valence-corrected chi connectivity index (χ2v) is 6.48. The zero-order valence-corrected chi connectivity index (χ0v) is 15.0. The number of aryl methyl sites for hydroxylation is 1. The molecular weight excluding hydrogens is 326 g/mol. The van der Waals surface area contributed by atoms with Crippen molar-refractivity contribution in [3.05, 3.63) is 71.1 Å². The van der Waals surface area contributed by atoms with Gasteiger partial charge >= 0.3 is 0 Å². The van der Waals surface area contributed by atoms with Crippen LogP contribution in [0.5, 0.6) is 0 Å². The number of fused-ring (bicyclic) bond motifs is 1. The van der Waals surface area contributed by atoms with Crippen LogP contribution < -0.4 is 10.2 Å². The van der Waals surface area contributed by atoms with Crippen molar-refractivity contribution in [1.29, 1.82) is 0 Å². The summed E-state index contributed by atoms with van der Waals surface area (Å²) in [5, 5.41) is 2.62. The molecule has 1 aliphatic rings. The summed E-state index contributed by atoms with van der Waals surface area (Å²) in [4.78, 5) is 18.7. The Hall–Kier alpha value is -3.08. The number of benzene rings is 2. The maximum atomic E-state index is 11.7. The number of aromatic nitrogens is 1. The van der Waals surface area contributed by atoms with Crippen LogP contribution in [-0.2, 0) is 13.0 Å². The van der Waals surface area contributed by atoms with Gasteiger partial charge in [-0.1, -0.05) is 18.2 Å². The molecule has 132 valence electrons. The molecule has 0 saturated heterocycles. The first-order chi connectivity index (χ1) is 12.7. The predicted octanol–water partition coefficient (Wildman–Crippen LogP) is 3.57. The molecule has 0 bridgehead atoms. The number of rotatable bonds is 4. The van der Waals surface area contributed by atoms with E-state index in [0.29, 0.717) is 11.5 Å². The van der Waals surface area contributed by atoms with Crippen molar-refractivity contribution in [2.45, 2.75) is 19.9 Å². The summed E-state index contributed by atoms with van der Waals surface area (Å²) < 4.78 is 5.89. The van der Waals surface area contributed by atoms with E-state index in [-0.39, 0.29) is 5.91 Å². The summed E-state index contributed by atoms with van der Waals surface area (Å²) >= 11 is 0. The number of hydrogen-bond acceptors (Lipinski definition) is 4. The Balaban J connectivity index is 1.56. The van der Waals surface area contributed by atoms with E-state index in [2.05, 4.69) is 34.5 Å². The minimum atomic E-state index is -0.103. The lowest BCUT2D eigenvalue weighted by atomic mass is 10.1. The quantitative estimate of drug-likeness (QED) is 0.784. The van der Waals surface area contributed by atoms with Gasteiger partial charge in [-0.25, -0.2) is 4.98 Å². The molecule has 5 heteroatoms. The largest absolute Gasteiger partial charge is 0.441 e. The molecule has 4 rings (SSSR count). The minimum Gasteiger partial charge on any atom is -0.441 e. The molecule has 0 unspecified atom stereocenters. The lowest BCUT2D eigenvalue weighted by Gasteiger charge is -2.17. The van der Waals surface area contributed by atoms with Crippen LogP contribution in [0.25, 0.3) is 11.5 Å². The van der Waals surface area contributed by atoms with Gasteiger partial charge in [0.1, 0.15) is 11.5 Å². The molecule has 0 fully saturated rings. The molecular formula is C21H21N3O2. The zero-order chi connectivity index (χ0) is 18.1. The average molecular weight is 347 g/mol. The van der Waals surface area contributed by atoms with Crippen molar-refractivity contribution in [2.75, 3.05) is 18.5 Å². The summed E-state index contributed by atoms with van der Waals surface area (Å²) in [6.45, 7) is 3.69. The van der Waals surface area contributed by atoms with Gasteiger partial charge < -0.3 is 14.6 Å². The van der Waals surface area contributed by atoms with Crippen LogP contribution in [0, 0.1) is 6.92 Å². The second kappa shape index (κ2) is 6.67. The van der Waals surface area contributed by atoms with Crippen molar-refractivity contribution in [2.24, 2.45) is 0 Å². The van der Waals surface area contributed by atoms with Crippen LogP contribution in [0.2, 0.25) is 0 Å². The predicted molar refractivity (Wildman–Crippen MR) is 101 cm³/mol. The van der Waals surface area contributed by atoms with Crippen molar-refractivity contribution < 1.29 is 9.21 Å². The fourth-order valence-electron chi connectivity index (χ4n) is 3.36. The van der Waals surface area contributed by atoms with Gasteiger partial charge in [0.25, 0.3) is 5.91 Å². The normalized spacial score (nSPS) is 12.9. The number of carbonyl (C=O) groups is 1. The van der Waals surface area contributed by atoms with Crippen LogP contribution in [0.1, 0.15) is 27.4 Å². The Bertz CT molecular complexity index is 944. The summed E-state index contributed by atoms with van der Waals surface area (Å²) in [6, 6.07) is 15.8. The van der Waals surface area contributed by atoms with Crippen LogP contribution in [0.3, 0.4) is 0 Å². The van der Waals surface area contributed by atoms with Crippen molar-refractivity contribution in [3.63, 3.8) is 0 Å². The number of nitrogens with one attached hydrogen (secondary N) is 1. The summed E-state index contributed by atoms with van der Waals surface area (Å²) in [5.41, 5.74) is 5.11. The number of anilines is 1. The van der Waals surface area contributed by atoms with Gasteiger partial charge in [-0.2, -0.15) is 0 Å². The first-order valence-corrected chi connectivity index (χ1v) is 8.77. The number of amides is 1. The molecule has 2 aromatic carbocycles. The van der Waals surface area contributed by atoms with E-state index in [9.17, 15) is 4.79 Å². The van der Waals surface area contributed by atoms with E-state index in [0.717, 1.165) is 36.5 Å². The van der Waals surface area contributed by atoms with E-state index >= 15 is 0 Å².